The zero-order chi connectivity index (χ0) is 20.8. The molecule has 8 heteroatoms. The van der Waals surface area contributed by atoms with Gasteiger partial charge in [0, 0.05) is 30.4 Å². The third-order valence-corrected chi connectivity index (χ3v) is 4.68. The van der Waals surface area contributed by atoms with Gasteiger partial charge >= 0.3 is 0 Å². The number of fused-ring (bicyclic) bond motifs is 1. The lowest BCUT2D eigenvalue weighted by Crippen LogP contribution is -2.27. The molecule has 0 bridgehead atoms. The van der Waals surface area contributed by atoms with Crippen LogP contribution < -0.4 is 16.2 Å². The SMILES string of the molecule is CCCCNc1ccc2c(c1)c(O)c(CC(=O)Nc1cccnn1)c(=O)n2CC. The Morgan fingerprint density at radius 1 is 1.24 bits per heavy atom. The largest absolute Gasteiger partial charge is 0.507 e. The molecule has 0 radical (unpaired) electrons. The summed E-state index contributed by atoms with van der Waals surface area (Å²) in [5.41, 5.74) is 1.18. The Balaban J connectivity index is 1.97. The molecular weight excluding hydrogens is 370 g/mol. The summed E-state index contributed by atoms with van der Waals surface area (Å²) < 4.78 is 1.57. The monoisotopic (exact) mass is 395 g/mol. The van der Waals surface area contributed by atoms with E-state index >= 15 is 0 Å². The van der Waals surface area contributed by atoms with Crippen LogP contribution in [0.25, 0.3) is 10.9 Å². The van der Waals surface area contributed by atoms with Gasteiger partial charge in [0.1, 0.15) is 5.75 Å². The van der Waals surface area contributed by atoms with Crippen LogP contribution in [0.5, 0.6) is 5.75 Å². The normalized spacial score (nSPS) is 10.8. The average Bonchev–Trinajstić information content (AvgIpc) is 2.73. The number of pyridine rings is 1. The fourth-order valence-corrected chi connectivity index (χ4v) is 3.21. The number of nitrogens with one attached hydrogen (secondary N) is 2. The van der Waals surface area contributed by atoms with Gasteiger partial charge in [-0.15, -0.1) is 5.10 Å². The first-order valence-corrected chi connectivity index (χ1v) is 9.75. The van der Waals surface area contributed by atoms with Gasteiger partial charge in [-0.2, -0.15) is 5.10 Å². The molecule has 0 aliphatic rings. The minimum atomic E-state index is -0.447. The lowest BCUT2D eigenvalue weighted by atomic mass is 10.1. The zero-order valence-electron chi connectivity index (χ0n) is 16.6. The summed E-state index contributed by atoms with van der Waals surface area (Å²) in [6, 6.07) is 8.77. The Morgan fingerprint density at radius 2 is 2.07 bits per heavy atom. The van der Waals surface area contributed by atoms with Crippen molar-refractivity contribution in [2.75, 3.05) is 17.2 Å². The third kappa shape index (κ3) is 4.53. The molecule has 0 spiro atoms. The van der Waals surface area contributed by atoms with Crippen LogP contribution in [0.1, 0.15) is 32.3 Å². The predicted octanol–water partition coefficient (Wildman–Crippen LogP) is 2.91. The summed E-state index contributed by atoms with van der Waals surface area (Å²) in [5.74, 6) is -0.323. The van der Waals surface area contributed by atoms with Crippen LogP contribution in [0.3, 0.4) is 0 Å². The number of hydrogen-bond acceptors (Lipinski definition) is 6. The second-order valence-corrected chi connectivity index (χ2v) is 6.72. The lowest BCUT2D eigenvalue weighted by molar-refractivity contribution is -0.115. The van der Waals surface area contributed by atoms with E-state index in [2.05, 4.69) is 27.8 Å². The molecule has 3 rings (SSSR count). The van der Waals surface area contributed by atoms with E-state index in [4.69, 9.17) is 0 Å². The summed E-state index contributed by atoms with van der Waals surface area (Å²) in [6.07, 6.45) is 3.35. The Morgan fingerprint density at radius 3 is 2.76 bits per heavy atom. The lowest BCUT2D eigenvalue weighted by Gasteiger charge is -2.15. The number of benzene rings is 1. The van der Waals surface area contributed by atoms with Gasteiger partial charge in [-0.05, 0) is 43.7 Å². The summed E-state index contributed by atoms with van der Waals surface area (Å²) in [4.78, 5) is 25.3. The van der Waals surface area contributed by atoms with Gasteiger partial charge in [0.15, 0.2) is 5.82 Å². The van der Waals surface area contributed by atoms with Gasteiger partial charge in [-0.1, -0.05) is 13.3 Å². The number of carbonyl (C=O) groups is 1. The molecule has 1 amide bonds. The number of nitrogens with zero attached hydrogens (tertiary/aromatic N) is 3. The van der Waals surface area contributed by atoms with Crippen LogP contribution in [0.4, 0.5) is 11.5 Å². The zero-order valence-corrected chi connectivity index (χ0v) is 16.6. The van der Waals surface area contributed by atoms with E-state index in [9.17, 15) is 14.7 Å². The van der Waals surface area contributed by atoms with Crippen LogP contribution in [0, 0.1) is 0 Å². The smallest absolute Gasteiger partial charge is 0.258 e. The van der Waals surface area contributed by atoms with Gasteiger partial charge in [-0.3, -0.25) is 9.59 Å². The summed E-state index contributed by atoms with van der Waals surface area (Å²) >= 11 is 0. The molecule has 0 atom stereocenters. The summed E-state index contributed by atoms with van der Waals surface area (Å²) in [6.45, 7) is 5.22. The Hall–Kier alpha value is -3.42. The number of aromatic hydroxyl groups is 1. The van der Waals surface area contributed by atoms with E-state index in [1.807, 2.05) is 25.1 Å². The summed E-state index contributed by atoms with van der Waals surface area (Å²) in [5, 5.41) is 24.8. The van der Waals surface area contributed by atoms with Crippen molar-refractivity contribution in [3.05, 3.63) is 52.4 Å². The molecule has 152 valence electrons. The number of unbranched alkanes of at least 4 members (excludes halogenated alkanes) is 1. The molecule has 0 unspecified atom stereocenters. The fourth-order valence-electron chi connectivity index (χ4n) is 3.21. The molecule has 3 N–H and O–H groups in total. The van der Waals surface area contributed by atoms with E-state index in [-0.39, 0.29) is 29.1 Å². The first-order chi connectivity index (χ1) is 14.0. The van der Waals surface area contributed by atoms with E-state index < -0.39 is 5.91 Å². The highest BCUT2D eigenvalue weighted by Gasteiger charge is 2.19. The fraction of sp³-hybridized carbons (Fsp3) is 0.333. The average molecular weight is 395 g/mol. The second kappa shape index (κ2) is 9.18. The number of aromatic nitrogens is 3. The van der Waals surface area contributed by atoms with Crippen LogP contribution in [-0.4, -0.2) is 32.3 Å². The standard InChI is InChI=1S/C21H25N5O3/c1-3-5-10-22-14-8-9-17-15(12-14)20(28)16(21(29)26(17)4-2)13-19(27)24-18-7-6-11-23-25-18/h6-9,11-12,22,28H,3-5,10,13H2,1-2H3,(H,24,25,27). The van der Waals surface area contributed by atoms with E-state index in [1.54, 1.807) is 16.7 Å². The Kier molecular flexibility index (Phi) is 6.43. The molecule has 2 aromatic heterocycles. The molecule has 2 heterocycles. The van der Waals surface area contributed by atoms with Crippen molar-refractivity contribution in [1.82, 2.24) is 14.8 Å². The van der Waals surface area contributed by atoms with Crippen molar-refractivity contribution < 1.29 is 9.90 Å². The van der Waals surface area contributed by atoms with Gasteiger partial charge in [0.25, 0.3) is 5.56 Å². The molecule has 0 fully saturated rings. The van der Waals surface area contributed by atoms with Crippen molar-refractivity contribution in [3.63, 3.8) is 0 Å². The number of amides is 1. The summed E-state index contributed by atoms with van der Waals surface area (Å²) in [7, 11) is 0. The molecule has 0 saturated carbocycles. The highest BCUT2D eigenvalue weighted by atomic mass is 16.3. The Bertz CT molecular complexity index is 1060. The van der Waals surface area contributed by atoms with Crippen molar-refractivity contribution in [2.45, 2.75) is 39.7 Å². The molecule has 29 heavy (non-hydrogen) atoms. The molecule has 0 aliphatic heterocycles. The maximum atomic E-state index is 12.9. The predicted molar refractivity (Wildman–Crippen MR) is 113 cm³/mol. The Labute approximate surface area is 168 Å². The quantitative estimate of drug-likeness (QED) is 0.506. The minimum absolute atomic E-state index is 0.0615. The number of anilines is 2. The van der Waals surface area contributed by atoms with Gasteiger partial charge in [0.05, 0.1) is 17.5 Å². The van der Waals surface area contributed by atoms with E-state index in [0.29, 0.717) is 17.4 Å². The van der Waals surface area contributed by atoms with Crippen LogP contribution in [0.2, 0.25) is 0 Å². The van der Waals surface area contributed by atoms with Crippen LogP contribution in [0.15, 0.2) is 41.3 Å². The maximum absolute atomic E-state index is 12.9. The molecule has 3 aromatic rings. The maximum Gasteiger partial charge on any atom is 0.258 e. The van der Waals surface area contributed by atoms with Crippen molar-refractivity contribution in [3.8, 4) is 5.75 Å². The number of aryl methyl sites for hydroxylation is 1. The number of hydrogen-bond donors (Lipinski definition) is 3. The highest BCUT2D eigenvalue weighted by molar-refractivity contribution is 5.94. The van der Waals surface area contributed by atoms with Crippen LogP contribution in [-0.2, 0) is 17.8 Å². The molecule has 0 aliphatic carbocycles. The van der Waals surface area contributed by atoms with Crippen molar-refractivity contribution in [2.24, 2.45) is 0 Å². The third-order valence-electron chi connectivity index (χ3n) is 4.68. The number of carbonyl (C=O) groups excluding carboxylic acids is 1. The van der Waals surface area contributed by atoms with Gasteiger partial charge in [-0.25, -0.2) is 0 Å². The number of rotatable bonds is 8. The topological polar surface area (TPSA) is 109 Å². The molecule has 8 nitrogen and oxygen atoms in total. The van der Waals surface area contributed by atoms with E-state index in [0.717, 1.165) is 25.1 Å². The minimum Gasteiger partial charge on any atom is -0.507 e. The molecule has 0 saturated heterocycles. The van der Waals surface area contributed by atoms with Gasteiger partial charge < -0.3 is 20.3 Å². The first-order valence-electron chi connectivity index (χ1n) is 9.75. The van der Waals surface area contributed by atoms with Crippen LogP contribution >= 0.6 is 0 Å². The second-order valence-electron chi connectivity index (χ2n) is 6.72. The molecule has 1 aromatic carbocycles. The van der Waals surface area contributed by atoms with Crippen molar-refractivity contribution in [1.29, 1.82) is 0 Å². The highest BCUT2D eigenvalue weighted by Crippen LogP contribution is 2.29. The van der Waals surface area contributed by atoms with Gasteiger partial charge in [0.2, 0.25) is 5.91 Å². The van der Waals surface area contributed by atoms with E-state index in [1.165, 1.54) is 6.20 Å². The molecular formula is C21H25N5O3. The first kappa shape index (κ1) is 20.3. The van der Waals surface area contributed by atoms with Crippen molar-refractivity contribution >= 4 is 28.3 Å².